The fraction of sp³-hybridized carbons (Fsp3) is 0.429. The molecule has 0 heterocycles. The number of carboxylic acid groups (broad SMARTS) is 1. The van der Waals surface area contributed by atoms with E-state index in [1.54, 1.807) is 19.9 Å². The first kappa shape index (κ1) is 15.9. The standard InChI is InChI=1S/C14H18FNO4/c1-3-11(14(19)16-9(2)8-13(17)18)20-12-7-5-4-6-10(12)15/h4-7,9,11H,3,8H2,1-2H3,(H,16,19)(H,17,18). The third kappa shape index (κ3) is 4.87. The van der Waals surface area contributed by atoms with E-state index in [1.165, 1.54) is 18.2 Å². The number of amides is 1. The fourth-order valence-electron chi connectivity index (χ4n) is 1.66. The number of carbonyl (C=O) groups is 2. The molecule has 2 unspecified atom stereocenters. The van der Waals surface area contributed by atoms with Crippen LogP contribution in [0.4, 0.5) is 4.39 Å². The summed E-state index contributed by atoms with van der Waals surface area (Å²) in [6, 6.07) is 5.30. The lowest BCUT2D eigenvalue weighted by molar-refractivity contribution is -0.137. The van der Waals surface area contributed by atoms with E-state index in [4.69, 9.17) is 9.84 Å². The van der Waals surface area contributed by atoms with E-state index in [-0.39, 0.29) is 12.2 Å². The summed E-state index contributed by atoms with van der Waals surface area (Å²) >= 11 is 0. The van der Waals surface area contributed by atoms with Crippen LogP contribution in [-0.2, 0) is 9.59 Å². The molecule has 0 aliphatic rings. The van der Waals surface area contributed by atoms with Gasteiger partial charge in [-0.05, 0) is 25.5 Å². The number of carbonyl (C=O) groups excluding carboxylic acids is 1. The molecule has 1 amide bonds. The molecule has 110 valence electrons. The number of nitrogens with one attached hydrogen (secondary N) is 1. The smallest absolute Gasteiger partial charge is 0.305 e. The second kappa shape index (κ2) is 7.47. The van der Waals surface area contributed by atoms with Gasteiger partial charge in [-0.25, -0.2) is 4.39 Å². The molecular formula is C14H18FNO4. The summed E-state index contributed by atoms with van der Waals surface area (Å²) in [4.78, 5) is 22.5. The van der Waals surface area contributed by atoms with Crippen molar-refractivity contribution in [2.24, 2.45) is 0 Å². The zero-order valence-electron chi connectivity index (χ0n) is 11.4. The van der Waals surface area contributed by atoms with Gasteiger partial charge in [0, 0.05) is 6.04 Å². The molecule has 2 N–H and O–H groups in total. The molecule has 0 saturated heterocycles. The lowest BCUT2D eigenvalue weighted by Crippen LogP contribution is -2.43. The Hall–Kier alpha value is -2.11. The molecule has 2 atom stereocenters. The van der Waals surface area contributed by atoms with Crippen LogP contribution in [0.3, 0.4) is 0 Å². The lowest BCUT2D eigenvalue weighted by Gasteiger charge is -2.20. The van der Waals surface area contributed by atoms with E-state index < -0.39 is 29.8 Å². The van der Waals surface area contributed by atoms with E-state index in [0.29, 0.717) is 6.42 Å². The predicted molar refractivity (Wildman–Crippen MR) is 71.0 cm³/mol. The molecule has 0 aromatic heterocycles. The van der Waals surface area contributed by atoms with E-state index >= 15 is 0 Å². The minimum atomic E-state index is -0.999. The Morgan fingerprint density at radius 1 is 1.40 bits per heavy atom. The molecular weight excluding hydrogens is 265 g/mol. The maximum Gasteiger partial charge on any atom is 0.305 e. The van der Waals surface area contributed by atoms with Crippen molar-refractivity contribution < 1.29 is 23.8 Å². The van der Waals surface area contributed by atoms with Crippen LogP contribution in [0.15, 0.2) is 24.3 Å². The normalized spacial score (nSPS) is 13.3. The Labute approximate surface area is 116 Å². The Kier molecular flexibility index (Phi) is 5.96. The third-order valence-electron chi connectivity index (χ3n) is 2.64. The van der Waals surface area contributed by atoms with Crippen molar-refractivity contribution in [3.05, 3.63) is 30.1 Å². The van der Waals surface area contributed by atoms with Gasteiger partial charge in [-0.15, -0.1) is 0 Å². The molecule has 20 heavy (non-hydrogen) atoms. The van der Waals surface area contributed by atoms with Crippen molar-refractivity contribution in [1.29, 1.82) is 0 Å². The highest BCUT2D eigenvalue weighted by Crippen LogP contribution is 2.18. The number of benzene rings is 1. The molecule has 1 aromatic rings. The van der Waals surface area contributed by atoms with Gasteiger partial charge in [-0.1, -0.05) is 19.1 Å². The molecule has 0 fully saturated rings. The van der Waals surface area contributed by atoms with Gasteiger partial charge in [0.05, 0.1) is 6.42 Å². The van der Waals surface area contributed by atoms with Crippen LogP contribution < -0.4 is 10.1 Å². The van der Waals surface area contributed by atoms with Crippen molar-refractivity contribution in [2.75, 3.05) is 0 Å². The fourth-order valence-corrected chi connectivity index (χ4v) is 1.66. The second-order valence-electron chi connectivity index (χ2n) is 4.45. The van der Waals surface area contributed by atoms with Gasteiger partial charge in [-0.2, -0.15) is 0 Å². The Balaban J connectivity index is 2.64. The van der Waals surface area contributed by atoms with Gasteiger partial charge >= 0.3 is 5.97 Å². The molecule has 1 rings (SSSR count). The largest absolute Gasteiger partial charge is 0.481 e. The summed E-state index contributed by atoms with van der Waals surface area (Å²) in [6.07, 6.45) is -0.690. The molecule has 0 saturated carbocycles. The topological polar surface area (TPSA) is 75.6 Å². The quantitative estimate of drug-likeness (QED) is 0.802. The highest BCUT2D eigenvalue weighted by molar-refractivity contribution is 5.82. The molecule has 0 aliphatic heterocycles. The van der Waals surface area contributed by atoms with E-state index in [0.717, 1.165) is 0 Å². The average molecular weight is 283 g/mol. The average Bonchev–Trinajstić information content (AvgIpc) is 2.36. The monoisotopic (exact) mass is 283 g/mol. The van der Waals surface area contributed by atoms with E-state index in [1.807, 2.05) is 0 Å². The molecule has 0 bridgehead atoms. The Morgan fingerprint density at radius 2 is 2.05 bits per heavy atom. The van der Waals surface area contributed by atoms with Crippen LogP contribution in [0, 0.1) is 5.82 Å². The van der Waals surface area contributed by atoms with Crippen LogP contribution in [-0.4, -0.2) is 29.1 Å². The molecule has 0 spiro atoms. The number of hydrogen-bond donors (Lipinski definition) is 2. The molecule has 0 aliphatic carbocycles. The number of para-hydroxylation sites is 1. The van der Waals surface area contributed by atoms with Crippen LogP contribution in [0.25, 0.3) is 0 Å². The summed E-state index contributed by atoms with van der Waals surface area (Å²) in [7, 11) is 0. The Morgan fingerprint density at radius 3 is 2.60 bits per heavy atom. The summed E-state index contributed by atoms with van der Waals surface area (Å²) in [5.41, 5.74) is 0. The minimum Gasteiger partial charge on any atom is -0.481 e. The van der Waals surface area contributed by atoms with Gasteiger partial charge in [0.2, 0.25) is 0 Å². The minimum absolute atomic E-state index is 0.000359. The number of aliphatic carboxylic acids is 1. The SMILES string of the molecule is CCC(Oc1ccccc1F)C(=O)NC(C)CC(=O)O. The Bertz CT molecular complexity index is 478. The molecule has 1 aromatic carbocycles. The first-order valence-electron chi connectivity index (χ1n) is 6.37. The van der Waals surface area contributed by atoms with Gasteiger partial charge < -0.3 is 15.2 Å². The van der Waals surface area contributed by atoms with Gasteiger partial charge in [0.25, 0.3) is 5.91 Å². The summed E-state index contributed by atoms with van der Waals surface area (Å²) in [6.45, 7) is 3.31. The maximum absolute atomic E-state index is 13.4. The van der Waals surface area contributed by atoms with Crippen molar-refractivity contribution >= 4 is 11.9 Å². The number of rotatable bonds is 7. The number of carboxylic acids is 1. The van der Waals surface area contributed by atoms with E-state index in [2.05, 4.69) is 5.32 Å². The molecule has 5 nitrogen and oxygen atoms in total. The van der Waals surface area contributed by atoms with Crippen LogP contribution in [0.5, 0.6) is 5.75 Å². The zero-order chi connectivity index (χ0) is 15.1. The zero-order valence-corrected chi connectivity index (χ0v) is 11.4. The van der Waals surface area contributed by atoms with Crippen LogP contribution >= 0.6 is 0 Å². The van der Waals surface area contributed by atoms with E-state index in [9.17, 15) is 14.0 Å². The van der Waals surface area contributed by atoms with Gasteiger partial charge in [-0.3, -0.25) is 9.59 Å². The molecule has 0 radical (unpaired) electrons. The predicted octanol–water partition coefficient (Wildman–Crippen LogP) is 1.96. The lowest BCUT2D eigenvalue weighted by atomic mass is 10.2. The van der Waals surface area contributed by atoms with Crippen molar-refractivity contribution in [2.45, 2.75) is 38.8 Å². The summed E-state index contributed by atoms with van der Waals surface area (Å²) in [5, 5.41) is 11.2. The first-order chi connectivity index (χ1) is 9.43. The summed E-state index contributed by atoms with van der Waals surface area (Å²) in [5.74, 6) is -2.00. The van der Waals surface area contributed by atoms with Crippen molar-refractivity contribution in [1.82, 2.24) is 5.32 Å². The first-order valence-corrected chi connectivity index (χ1v) is 6.37. The van der Waals surface area contributed by atoms with Crippen molar-refractivity contribution in [3.63, 3.8) is 0 Å². The highest BCUT2D eigenvalue weighted by atomic mass is 19.1. The number of hydrogen-bond acceptors (Lipinski definition) is 3. The highest BCUT2D eigenvalue weighted by Gasteiger charge is 2.22. The maximum atomic E-state index is 13.4. The van der Waals surface area contributed by atoms with Crippen molar-refractivity contribution in [3.8, 4) is 5.75 Å². The third-order valence-corrected chi connectivity index (χ3v) is 2.64. The number of ether oxygens (including phenoxy) is 1. The van der Waals surface area contributed by atoms with Crippen LogP contribution in [0.2, 0.25) is 0 Å². The number of halogens is 1. The molecule has 6 heteroatoms. The summed E-state index contributed by atoms with van der Waals surface area (Å²) < 4.78 is 18.8. The van der Waals surface area contributed by atoms with Gasteiger partial charge in [0.15, 0.2) is 17.7 Å². The second-order valence-corrected chi connectivity index (χ2v) is 4.45. The van der Waals surface area contributed by atoms with Gasteiger partial charge in [0.1, 0.15) is 0 Å². The van der Waals surface area contributed by atoms with Crippen LogP contribution in [0.1, 0.15) is 26.7 Å².